The highest BCUT2D eigenvalue weighted by molar-refractivity contribution is 6.23. The Hall–Kier alpha value is -2.71. The van der Waals surface area contributed by atoms with Gasteiger partial charge >= 0.3 is 0 Å². The van der Waals surface area contributed by atoms with Crippen molar-refractivity contribution in [1.29, 1.82) is 0 Å². The normalized spacial score (nSPS) is 16.2. The van der Waals surface area contributed by atoms with E-state index in [1.54, 1.807) is 24.3 Å². The van der Waals surface area contributed by atoms with Crippen LogP contribution >= 0.6 is 11.6 Å². The van der Waals surface area contributed by atoms with Gasteiger partial charge in [-0.25, -0.2) is 18.2 Å². The average molecular weight is 440 g/mol. The standard InChI is InChI=1S/C21H21ClF3N3O2/c1-12-4-5-15(30-3)8-18(12)26-21-27-20(22)14(11-29-2)10-28(21)9-13-6-16(23)19(25)17(24)7-13/h4-8,10,20H,9,11H2,1-3H3,(H,26,27). The second-order valence-electron chi connectivity index (χ2n) is 6.73. The number of hydrogen-bond acceptors (Lipinski definition) is 5. The van der Waals surface area contributed by atoms with Gasteiger partial charge in [-0.15, -0.1) is 0 Å². The molecule has 2 aromatic rings. The summed E-state index contributed by atoms with van der Waals surface area (Å²) in [6.45, 7) is 2.16. The molecule has 1 unspecified atom stereocenters. The van der Waals surface area contributed by atoms with E-state index >= 15 is 0 Å². The van der Waals surface area contributed by atoms with Crippen molar-refractivity contribution in [2.75, 3.05) is 26.1 Å². The monoisotopic (exact) mass is 439 g/mol. The van der Waals surface area contributed by atoms with Crippen LogP contribution in [0, 0.1) is 24.4 Å². The molecule has 5 nitrogen and oxygen atoms in total. The quantitative estimate of drug-likeness (QED) is 0.399. The molecule has 0 saturated heterocycles. The first-order chi connectivity index (χ1) is 14.3. The molecule has 0 amide bonds. The number of aliphatic imine (C=N–C) groups is 1. The van der Waals surface area contributed by atoms with Gasteiger partial charge in [0, 0.05) is 30.6 Å². The predicted octanol–water partition coefficient (Wildman–Crippen LogP) is 4.80. The number of nitrogens with one attached hydrogen (secondary N) is 1. The third-order valence-electron chi connectivity index (χ3n) is 4.53. The fourth-order valence-electron chi connectivity index (χ4n) is 2.96. The van der Waals surface area contributed by atoms with Crippen molar-refractivity contribution in [3.63, 3.8) is 0 Å². The summed E-state index contributed by atoms with van der Waals surface area (Å²) in [6.07, 6.45) is 1.70. The molecule has 160 valence electrons. The summed E-state index contributed by atoms with van der Waals surface area (Å²) in [5, 5.41) is 3.19. The highest BCUT2D eigenvalue weighted by Gasteiger charge is 2.24. The van der Waals surface area contributed by atoms with Crippen molar-refractivity contribution >= 4 is 23.2 Å². The lowest BCUT2D eigenvalue weighted by Crippen LogP contribution is -2.37. The molecular weight excluding hydrogens is 419 g/mol. The lowest BCUT2D eigenvalue weighted by atomic mass is 10.1. The van der Waals surface area contributed by atoms with Crippen molar-refractivity contribution < 1.29 is 22.6 Å². The smallest absolute Gasteiger partial charge is 0.204 e. The maximum absolute atomic E-state index is 13.7. The number of aryl methyl sites for hydroxylation is 1. The Bertz CT molecular complexity index is 974. The summed E-state index contributed by atoms with van der Waals surface area (Å²) >= 11 is 6.36. The number of benzene rings is 2. The van der Waals surface area contributed by atoms with E-state index in [2.05, 4.69) is 10.3 Å². The summed E-state index contributed by atoms with van der Waals surface area (Å²) in [4.78, 5) is 6.10. The lowest BCUT2D eigenvalue weighted by molar-refractivity contribution is 0.221. The van der Waals surface area contributed by atoms with Crippen molar-refractivity contribution in [1.82, 2.24) is 4.90 Å². The Morgan fingerprint density at radius 3 is 2.47 bits per heavy atom. The van der Waals surface area contributed by atoms with Crippen LogP contribution in [0.25, 0.3) is 0 Å². The molecule has 3 rings (SSSR count). The zero-order valence-electron chi connectivity index (χ0n) is 16.7. The molecule has 2 aromatic carbocycles. The van der Waals surface area contributed by atoms with Gasteiger partial charge < -0.3 is 19.7 Å². The molecule has 1 N–H and O–H groups in total. The van der Waals surface area contributed by atoms with Gasteiger partial charge in [0.2, 0.25) is 5.96 Å². The molecule has 1 aliphatic heterocycles. The number of anilines is 1. The molecular formula is C21H21ClF3N3O2. The maximum Gasteiger partial charge on any atom is 0.204 e. The van der Waals surface area contributed by atoms with E-state index in [4.69, 9.17) is 21.1 Å². The summed E-state index contributed by atoms with van der Waals surface area (Å²) in [7, 11) is 3.08. The topological polar surface area (TPSA) is 46.1 Å². The molecule has 0 fully saturated rings. The Kier molecular flexibility index (Phi) is 6.89. The fraction of sp³-hybridized carbons (Fsp3) is 0.286. The molecule has 1 heterocycles. The van der Waals surface area contributed by atoms with Crippen LogP contribution < -0.4 is 10.1 Å². The Morgan fingerprint density at radius 1 is 1.13 bits per heavy atom. The average Bonchev–Trinajstić information content (AvgIpc) is 2.71. The maximum atomic E-state index is 13.7. The van der Waals surface area contributed by atoms with Crippen LogP contribution in [0.4, 0.5) is 18.9 Å². The second-order valence-corrected chi connectivity index (χ2v) is 7.15. The van der Waals surface area contributed by atoms with Crippen LogP contribution in [0.3, 0.4) is 0 Å². The van der Waals surface area contributed by atoms with E-state index in [9.17, 15) is 13.2 Å². The van der Waals surface area contributed by atoms with E-state index in [0.29, 0.717) is 17.3 Å². The summed E-state index contributed by atoms with van der Waals surface area (Å²) in [5.74, 6) is -3.02. The minimum Gasteiger partial charge on any atom is -0.497 e. The fourth-order valence-corrected chi connectivity index (χ4v) is 3.18. The van der Waals surface area contributed by atoms with Crippen molar-refractivity contribution in [2.24, 2.45) is 4.99 Å². The molecule has 9 heteroatoms. The van der Waals surface area contributed by atoms with Crippen molar-refractivity contribution in [3.8, 4) is 5.75 Å². The first-order valence-corrected chi connectivity index (χ1v) is 9.49. The molecule has 30 heavy (non-hydrogen) atoms. The van der Waals surface area contributed by atoms with E-state index in [0.717, 1.165) is 23.4 Å². The molecule has 0 aromatic heterocycles. The lowest BCUT2D eigenvalue weighted by Gasteiger charge is -2.30. The van der Waals surface area contributed by atoms with Crippen molar-refractivity contribution in [3.05, 3.63) is 70.7 Å². The van der Waals surface area contributed by atoms with Crippen LogP contribution in [0.15, 0.2) is 47.1 Å². The molecule has 0 bridgehead atoms. The molecule has 1 aliphatic rings. The SMILES string of the molecule is COCC1=CN(Cc2cc(F)c(F)c(F)c2)C(Nc2cc(OC)ccc2C)=NC1Cl. The third-order valence-corrected chi connectivity index (χ3v) is 4.91. The second kappa shape index (κ2) is 9.40. The number of halogens is 4. The van der Waals surface area contributed by atoms with Gasteiger partial charge in [0.25, 0.3) is 0 Å². The summed E-state index contributed by atoms with van der Waals surface area (Å²) in [6, 6.07) is 7.40. The predicted molar refractivity (Wildman–Crippen MR) is 110 cm³/mol. The van der Waals surface area contributed by atoms with Crippen LogP contribution in [0.1, 0.15) is 11.1 Å². The van der Waals surface area contributed by atoms with Crippen LogP contribution in [-0.4, -0.2) is 37.2 Å². The Balaban J connectivity index is 1.94. The van der Waals surface area contributed by atoms with Gasteiger partial charge in [-0.05, 0) is 36.2 Å². The van der Waals surface area contributed by atoms with Crippen molar-refractivity contribution in [2.45, 2.75) is 19.0 Å². The van der Waals surface area contributed by atoms with Gasteiger partial charge in [-0.2, -0.15) is 0 Å². The minimum atomic E-state index is -1.51. The number of methoxy groups -OCH3 is 2. The number of hydrogen-bond donors (Lipinski definition) is 1. The van der Waals surface area contributed by atoms with Gasteiger partial charge in [-0.1, -0.05) is 17.7 Å². The van der Waals surface area contributed by atoms with Gasteiger partial charge in [0.1, 0.15) is 5.75 Å². The zero-order chi connectivity index (χ0) is 21.8. The zero-order valence-corrected chi connectivity index (χ0v) is 17.4. The molecule has 0 saturated carbocycles. The van der Waals surface area contributed by atoms with Crippen LogP contribution in [0.2, 0.25) is 0 Å². The van der Waals surface area contributed by atoms with Gasteiger partial charge in [0.05, 0.1) is 20.3 Å². The summed E-state index contributed by atoms with van der Waals surface area (Å²) in [5.41, 5.74) is 1.85. The van der Waals surface area contributed by atoms with E-state index < -0.39 is 23.0 Å². The molecule has 0 spiro atoms. The number of rotatable bonds is 6. The first kappa shape index (κ1) is 22.0. The highest BCUT2D eigenvalue weighted by Crippen LogP contribution is 2.26. The highest BCUT2D eigenvalue weighted by atomic mass is 35.5. The largest absolute Gasteiger partial charge is 0.497 e. The van der Waals surface area contributed by atoms with Crippen LogP contribution in [-0.2, 0) is 11.3 Å². The third kappa shape index (κ3) is 4.88. The molecule has 0 aliphatic carbocycles. The van der Waals surface area contributed by atoms with Gasteiger partial charge in [0.15, 0.2) is 23.0 Å². The first-order valence-electron chi connectivity index (χ1n) is 9.05. The number of ether oxygens (including phenoxy) is 2. The number of guanidine groups is 1. The molecule has 0 radical (unpaired) electrons. The summed E-state index contributed by atoms with van der Waals surface area (Å²) < 4.78 is 51.1. The Morgan fingerprint density at radius 2 is 1.83 bits per heavy atom. The number of alkyl halides is 1. The molecule has 1 atom stereocenters. The minimum absolute atomic E-state index is 0.0276. The van der Waals surface area contributed by atoms with Gasteiger partial charge in [-0.3, -0.25) is 0 Å². The van der Waals surface area contributed by atoms with E-state index in [1.165, 1.54) is 7.11 Å². The van der Waals surface area contributed by atoms with E-state index in [1.807, 2.05) is 19.1 Å². The Labute approximate surface area is 177 Å². The van der Waals surface area contributed by atoms with E-state index in [-0.39, 0.29) is 18.7 Å². The number of nitrogens with zero attached hydrogens (tertiary/aromatic N) is 2. The van der Waals surface area contributed by atoms with Crippen LogP contribution in [0.5, 0.6) is 5.75 Å².